The van der Waals surface area contributed by atoms with Gasteiger partial charge in [0, 0.05) is 32.0 Å². The van der Waals surface area contributed by atoms with Crippen LogP contribution in [0, 0.1) is 5.92 Å². The van der Waals surface area contributed by atoms with Gasteiger partial charge in [0.1, 0.15) is 5.75 Å². The standard InChI is InChI=1S/C22H25N3O3.ClH/c23-12-17-13-24(14-18(17)16-6-2-1-3-7-16)21(26)10-11-25-19-8-4-5-9-20(19)28-15-22(25)27;/h1-9,17-18H,10-15,23H2;1H/t17-,18+;/m1./s1. The van der Waals surface area contributed by atoms with Crippen molar-refractivity contribution in [1.29, 1.82) is 0 Å². The van der Waals surface area contributed by atoms with E-state index in [1.165, 1.54) is 5.56 Å². The Labute approximate surface area is 177 Å². The molecule has 0 spiro atoms. The van der Waals surface area contributed by atoms with E-state index in [4.69, 9.17) is 10.5 Å². The second-order valence-corrected chi connectivity index (χ2v) is 7.36. The van der Waals surface area contributed by atoms with Gasteiger partial charge in [0.15, 0.2) is 6.61 Å². The molecule has 2 aromatic carbocycles. The Bertz CT molecular complexity index is 861. The number of anilines is 1. The number of hydrogen-bond acceptors (Lipinski definition) is 4. The van der Waals surface area contributed by atoms with Gasteiger partial charge in [0.25, 0.3) is 5.91 Å². The lowest BCUT2D eigenvalue weighted by Crippen LogP contribution is -2.41. The number of amides is 2. The van der Waals surface area contributed by atoms with Crippen molar-refractivity contribution in [3.63, 3.8) is 0 Å². The van der Waals surface area contributed by atoms with Crippen LogP contribution in [0.15, 0.2) is 54.6 Å². The Morgan fingerprint density at radius 3 is 2.55 bits per heavy atom. The zero-order chi connectivity index (χ0) is 19.5. The van der Waals surface area contributed by atoms with Gasteiger partial charge in [-0.05, 0) is 30.2 Å². The average molecular weight is 416 g/mol. The number of hydrogen-bond donors (Lipinski definition) is 1. The van der Waals surface area contributed by atoms with Crippen LogP contribution in [0.2, 0.25) is 0 Å². The molecule has 4 rings (SSSR count). The SMILES string of the molecule is Cl.NC[C@@H]1CN(C(=O)CCN2C(=O)COc3ccccc32)C[C@H]1c1ccccc1. The van der Waals surface area contributed by atoms with Gasteiger partial charge in [-0.2, -0.15) is 0 Å². The lowest BCUT2D eigenvalue weighted by Gasteiger charge is -2.29. The molecule has 1 fully saturated rings. The molecule has 29 heavy (non-hydrogen) atoms. The average Bonchev–Trinajstić information content (AvgIpc) is 3.18. The number of benzene rings is 2. The van der Waals surface area contributed by atoms with Gasteiger partial charge in [0.05, 0.1) is 5.69 Å². The zero-order valence-corrected chi connectivity index (χ0v) is 17.0. The van der Waals surface area contributed by atoms with E-state index in [2.05, 4.69) is 12.1 Å². The molecule has 2 atom stereocenters. The molecular weight excluding hydrogens is 390 g/mol. The van der Waals surface area contributed by atoms with E-state index in [0.29, 0.717) is 38.3 Å². The third-order valence-electron chi connectivity index (χ3n) is 5.68. The minimum Gasteiger partial charge on any atom is -0.482 e. The van der Waals surface area contributed by atoms with Crippen molar-refractivity contribution >= 4 is 29.9 Å². The number of likely N-dealkylation sites (tertiary alicyclic amines) is 1. The lowest BCUT2D eigenvalue weighted by atomic mass is 9.89. The first-order chi connectivity index (χ1) is 13.7. The summed E-state index contributed by atoms with van der Waals surface area (Å²) < 4.78 is 5.46. The predicted octanol–water partition coefficient (Wildman–Crippen LogP) is 2.42. The summed E-state index contributed by atoms with van der Waals surface area (Å²) in [5.74, 6) is 1.16. The number of halogens is 1. The van der Waals surface area contributed by atoms with Crippen LogP contribution in [-0.2, 0) is 9.59 Å². The zero-order valence-electron chi connectivity index (χ0n) is 16.2. The molecule has 0 aliphatic carbocycles. The highest BCUT2D eigenvalue weighted by Gasteiger charge is 2.35. The molecule has 0 bridgehead atoms. The van der Waals surface area contributed by atoms with Crippen molar-refractivity contribution in [1.82, 2.24) is 4.90 Å². The smallest absolute Gasteiger partial charge is 0.265 e. The minimum absolute atomic E-state index is 0. The minimum atomic E-state index is -0.116. The van der Waals surface area contributed by atoms with Gasteiger partial charge < -0.3 is 20.3 Å². The topological polar surface area (TPSA) is 75.9 Å². The molecule has 2 N–H and O–H groups in total. The summed E-state index contributed by atoms with van der Waals surface area (Å²) in [6.07, 6.45) is 0.291. The normalized spacial score (nSPS) is 20.7. The summed E-state index contributed by atoms with van der Waals surface area (Å²) in [6.45, 7) is 2.28. The van der Waals surface area contributed by atoms with Crippen LogP contribution in [0.4, 0.5) is 5.69 Å². The van der Waals surface area contributed by atoms with E-state index in [-0.39, 0.29) is 42.7 Å². The van der Waals surface area contributed by atoms with Crippen molar-refractivity contribution in [3.8, 4) is 5.75 Å². The van der Waals surface area contributed by atoms with E-state index < -0.39 is 0 Å². The van der Waals surface area contributed by atoms with Crippen molar-refractivity contribution in [2.75, 3.05) is 37.7 Å². The molecule has 2 aliphatic heterocycles. The summed E-state index contributed by atoms with van der Waals surface area (Å²) in [5, 5.41) is 0. The third-order valence-corrected chi connectivity index (χ3v) is 5.68. The van der Waals surface area contributed by atoms with Crippen LogP contribution in [-0.4, -0.2) is 49.5 Å². The van der Waals surface area contributed by atoms with Crippen LogP contribution in [0.1, 0.15) is 17.9 Å². The first kappa shape index (κ1) is 21.1. The van der Waals surface area contributed by atoms with E-state index in [9.17, 15) is 9.59 Å². The molecule has 2 amide bonds. The van der Waals surface area contributed by atoms with Crippen LogP contribution >= 0.6 is 12.4 Å². The van der Waals surface area contributed by atoms with Crippen LogP contribution < -0.4 is 15.4 Å². The van der Waals surface area contributed by atoms with Crippen LogP contribution in [0.5, 0.6) is 5.75 Å². The highest BCUT2D eigenvalue weighted by atomic mass is 35.5. The summed E-state index contributed by atoms with van der Waals surface area (Å²) >= 11 is 0. The predicted molar refractivity (Wildman–Crippen MR) is 114 cm³/mol. The van der Waals surface area contributed by atoms with Gasteiger partial charge >= 0.3 is 0 Å². The second kappa shape index (κ2) is 9.29. The largest absolute Gasteiger partial charge is 0.482 e. The number of nitrogens with two attached hydrogens (primary N) is 1. The Balaban J connectivity index is 0.00000240. The number of nitrogens with zero attached hydrogens (tertiary/aromatic N) is 2. The van der Waals surface area contributed by atoms with E-state index in [1.54, 1.807) is 4.90 Å². The molecule has 2 aliphatic rings. The molecule has 0 saturated carbocycles. The Morgan fingerprint density at radius 1 is 1.07 bits per heavy atom. The first-order valence-corrected chi connectivity index (χ1v) is 9.72. The molecule has 0 radical (unpaired) electrons. The number of carbonyl (C=O) groups is 2. The van der Waals surface area contributed by atoms with E-state index in [0.717, 1.165) is 5.69 Å². The molecule has 2 heterocycles. The third kappa shape index (κ3) is 4.38. The molecule has 7 heteroatoms. The summed E-state index contributed by atoms with van der Waals surface area (Å²) in [7, 11) is 0. The Hall–Kier alpha value is -2.57. The molecule has 2 aromatic rings. The fraction of sp³-hybridized carbons (Fsp3) is 0.364. The molecule has 6 nitrogen and oxygen atoms in total. The first-order valence-electron chi connectivity index (χ1n) is 9.72. The van der Waals surface area contributed by atoms with Crippen LogP contribution in [0.25, 0.3) is 0 Å². The molecular formula is C22H26ClN3O3. The molecule has 0 aromatic heterocycles. The molecule has 0 unspecified atom stereocenters. The lowest BCUT2D eigenvalue weighted by molar-refractivity contribution is -0.130. The Kier molecular flexibility index (Phi) is 6.77. The number of para-hydroxylation sites is 2. The summed E-state index contributed by atoms with van der Waals surface area (Å²) in [5.41, 5.74) is 7.94. The fourth-order valence-electron chi connectivity index (χ4n) is 4.16. The van der Waals surface area contributed by atoms with Gasteiger partial charge in [-0.3, -0.25) is 9.59 Å². The fourth-order valence-corrected chi connectivity index (χ4v) is 4.16. The highest BCUT2D eigenvalue weighted by molar-refractivity contribution is 5.98. The highest BCUT2D eigenvalue weighted by Crippen LogP contribution is 2.33. The van der Waals surface area contributed by atoms with Crippen molar-refractivity contribution < 1.29 is 14.3 Å². The van der Waals surface area contributed by atoms with Crippen molar-refractivity contribution in [2.24, 2.45) is 11.7 Å². The maximum absolute atomic E-state index is 12.9. The summed E-state index contributed by atoms with van der Waals surface area (Å²) in [4.78, 5) is 28.7. The van der Waals surface area contributed by atoms with Crippen LogP contribution in [0.3, 0.4) is 0 Å². The Morgan fingerprint density at radius 2 is 1.79 bits per heavy atom. The van der Waals surface area contributed by atoms with Crippen molar-refractivity contribution in [2.45, 2.75) is 12.3 Å². The quantitative estimate of drug-likeness (QED) is 0.813. The maximum Gasteiger partial charge on any atom is 0.265 e. The van der Waals surface area contributed by atoms with E-state index >= 15 is 0 Å². The summed E-state index contributed by atoms with van der Waals surface area (Å²) in [6, 6.07) is 17.7. The van der Waals surface area contributed by atoms with Crippen molar-refractivity contribution in [3.05, 3.63) is 60.2 Å². The van der Waals surface area contributed by atoms with Gasteiger partial charge in [-0.25, -0.2) is 0 Å². The molecule has 1 saturated heterocycles. The monoisotopic (exact) mass is 415 g/mol. The van der Waals surface area contributed by atoms with E-state index in [1.807, 2.05) is 47.4 Å². The second-order valence-electron chi connectivity index (χ2n) is 7.36. The number of rotatable bonds is 5. The number of carbonyl (C=O) groups excluding carboxylic acids is 2. The van der Waals surface area contributed by atoms with Gasteiger partial charge in [-0.1, -0.05) is 42.5 Å². The van der Waals surface area contributed by atoms with Gasteiger partial charge in [0.2, 0.25) is 5.91 Å². The van der Waals surface area contributed by atoms with Gasteiger partial charge in [-0.15, -0.1) is 12.4 Å². The molecule has 154 valence electrons. The maximum atomic E-state index is 12.9. The number of ether oxygens (including phenoxy) is 1. The number of fused-ring (bicyclic) bond motifs is 1.